The average Bonchev–Trinajstić information content (AvgIpc) is 3.07. The Balaban J connectivity index is 1.64. The standard InChI is InChI=1S/C17H13ClN6/c18-16(12-5-2-1-3-6-12)23-17-19-10-8-14(22-17)13-11-21-24-15(13)7-4-9-20-24/h1-11,16H,(H,19,22,23). The lowest BCUT2D eigenvalue weighted by atomic mass is 10.2. The fourth-order valence-corrected chi connectivity index (χ4v) is 2.67. The summed E-state index contributed by atoms with van der Waals surface area (Å²) >= 11 is 6.40. The minimum absolute atomic E-state index is 0.410. The molecule has 0 bridgehead atoms. The summed E-state index contributed by atoms with van der Waals surface area (Å²) in [5.41, 5.74) is 3.07. The number of fused-ring (bicyclic) bond motifs is 1. The second kappa shape index (κ2) is 6.25. The monoisotopic (exact) mass is 336 g/mol. The molecule has 0 radical (unpaired) electrons. The summed E-state index contributed by atoms with van der Waals surface area (Å²) < 4.78 is 1.57. The third-order valence-electron chi connectivity index (χ3n) is 3.58. The van der Waals surface area contributed by atoms with Crippen molar-refractivity contribution in [1.29, 1.82) is 0 Å². The number of halogens is 1. The zero-order valence-corrected chi connectivity index (χ0v) is 13.3. The molecule has 1 aromatic carbocycles. The number of nitrogens with one attached hydrogen (secondary N) is 1. The molecule has 0 spiro atoms. The summed E-state index contributed by atoms with van der Waals surface area (Å²) in [6, 6.07) is 15.4. The molecule has 0 amide bonds. The Bertz CT molecular complexity index is 969. The second-order valence-corrected chi connectivity index (χ2v) is 5.58. The van der Waals surface area contributed by atoms with E-state index < -0.39 is 5.50 Å². The largest absolute Gasteiger partial charge is 0.334 e. The highest BCUT2D eigenvalue weighted by Crippen LogP contribution is 2.25. The molecule has 0 aliphatic carbocycles. The molecule has 0 aliphatic heterocycles. The van der Waals surface area contributed by atoms with Gasteiger partial charge < -0.3 is 5.32 Å². The number of benzene rings is 1. The molecule has 3 aromatic heterocycles. The molecule has 118 valence electrons. The molecule has 0 saturated heterocycles. The number of hydrogen-bond acceptors (Lipinski definition) is 5. The quantitative estimate of drug-likeness (QED) is 0.456. The number of hydrogen-bond donors (Lipinski definition) is 1. The molecular weight excluding hydrogens is 324 g/mol. The second-order valence-electron chi connectivity index (χ2n) is 5.14. The van der Waals surface area contributed by atoms with Crippen LogP contribution in [0.4, 0.5) is 5.95 Å². The van der Waals surface area contributed by atoms with Crippen molar-refractivity contribution in [2.24, 2.45) is 0 Å². The summed E-state index contributed by atoms with van der Waals surface area (Å²) in [7, 11) is 0. The van der Waals surface area contributed by atoms with E-state index in [1.807, 2.05) is 48.5 Å². The van der Waals surface area contributed by atoms with Gasteiger partial charge in [0.1, 0.15) is 5.50 Å². The first-order chi connectivity index (χ1) is 11.8. The Morgan fingerprint density at radius 3 is 2.71 bits per heavy atom. The van der Waals surface area contributed by atoms with E-state index in [9.17, 15) is 0 Å². The van der Waals surface area contributed by atoms with Crippen LogP contribution in [0, 0.1) is 0 Å². The molecule has 1 N–H and O–H groups in total. The maximum absolute atomic E-state index is 6.40. The zero-order valence-electron chi connectivity index (χ0n) is 12.5. The Kier molecular flexibility index (Phi) is 3.80. The molecule has 7 heteroatoms. The number of nitrogens with zero attached hydrogens (tertiary/aromatic N) is 5. The molecule has 3 heterocycles. The number of anilines is 1. The van der Waals surface area contributed by atoms with E-state index in [0.29, 0.717) is 5.95 Å². The van der Waals surface area contributed by atoms with Crippen LogP contribution < -0.4 is 5.32 Å². The van der Waals surface area contributed by atoms with Crippen LogP contribution in [0.1, 0.15) is 11.1 Å². The smallest absolute Gasteiger partial charge is 0.224 e. The van der Waals surface area contributed by atoms with Gasteiger partial charge in [-0.05, 0) is 23.8 Å². The molecule has 4 rings (SSSR count). The van der Waals surface area contributed by atoms with E-state index in [-0.39, 0.29) is 0 Å². The molecule has 1 atom stereocenters. The highest BCUT2D eigenvalue weighted by atomic mass is 35.5. The van der Waals surface area contributed by atoms with E-state index in [1.54, 1.807) is 23.2 Å². The van der Waals surface area contributed by atoms with Crippen LogP contribution in [0.25, 0.3) is 16.8 Å². The van der Waals surface area contributed by atoms with E-state index >= 15 is 0 Å². The van der Waals surface area contributed by atoms with Crippen molar-refractivity contribution in [3.8, 4) is 11.3 Å². The van der Waals surface area contributed by atoms with Crippen LogP contribution >= 0.6 is 11.6 Å². The van der Waals surface area contributed by atoms with Crippen molar-refractivity contribution in [2.45, 2.75) is 5.50 Å². The molecule has 0 aliphatic rings. The minimum atomic E-state index is -0.410. The molecule has 0 saturated carbocycles. The number of alkyl halides is 1. The van der Waals surface area contributed by atoms with Gasteiger partial charge in [0.25, 0.3) is 0 Å². The molecule has 0 fully saturated rings. The Hall–Kier alpha value is -2.99. The number of rotatable bonds is 4. The summed E-state index contributed by atoms with van der Waals surface area (Å²) in [6.45, 7) is 0. The van der Waals surface area contributed by atoms with Gasteiger partial charge in [0.15, 0.2) is 0 Å². The lowest BCUT2D eigenvalue weighted by molar-refractivity contribution is 0.800. The Morgan fingerprint density at radius 1 is 0.958 bits per heavy atom. The van der Waals surface area contributed by atoms with Crippen LogP contribution in [0.3, 0.4) is 0 Å². The fourth-order valence-electron chi connectivity index (χ4n) is 2.43. The van der Waals surface area contributed by atoms with Gasteiger partial charge >= 0.3 is 0 Å². The molecule has 6 nitrogen and oxygen atoms in total. The van der Waals surface area contributed by atoms with Crippen molar-refractivity contribution in [3.05, 3.63) is 72.7 Å². The molecular formula is C17H13ClN6. The van der Waals surface area contributed by atoms with E-state index in [1.165, 1.54) is 0 Å². The first kappa shape index (κ1) is 14.6. The number of aromatic nitrogens is 5. The summed E-state index contributed by atoms with van der Waals surface area (Å²) in [5.74, 6) is 0.458. The summed E-state index contributed by atoms with van der Waals surface area (Å²) in [5, 5.41) is 11.5. The van der Waals surface area contributed by atoms with Gasteiger partial charge in [-0.1, -0.05) is 41.9 Å². The predicted octanol–water partition coefficient (Wildman–Crippen LogP) is 3.54. The van der Waals surface area contributed by atoms with Crippen LogP contribution in [-0.4, -0.2) is 24.8 Å². The van der Waals surface area contributed by atoms with Crippen molar-refractivity contribution in [2.75, 3.05) is 5.32 Å². The van der Waals surface area contributed by atoms with Gasteiger partial charge in [0, 0.05) is 18.0 Å². The van der Waals surface area contributed by atoms with Crippen LogP contribution in [0.15, 0.2) is 67.1 Å². The summed E-state index contributed by atoms with van der Waals surface area (Å²) in [6.07, 6.45) is 5.12. The average molecular weight is 337 g/mol. The third-order valence-corrected chi connectivity index (χ3v) is 3.94. The van der Waals surface area contributed by atoms with Crippen LogP contribution in [0.2, 0.25) is 0 Å². The van der Waals surface area contributed by atoms with Crippen molar-refractivity contribution in [3.63, 3.8) is 0 Å². The highest BCUT2D eigenvalue weighted by molar-refractivity contribution is 6.21. The lowest BCUT2D eigenvalue weighted by Gasteiger charge is -2.12. The van der Waals surface area contributed by atoms with Gasteiger partial charge in [0.05, 0.1) is 17.4 Å². The highest BCUT2D eigenvalue weighted by Gasteiger charge is 2.12. The minimum Gasteiger partial charge on any atom is -0.334 e. The summed E-state index contributed by atoms with van der Waals surface area (Å²) in [4.78, 5) is 8.79. The lowest BCUT2D eigenvalue weighted by Crippen LogP contribution is -2.07. The predicted molar refractivity (Wildman–Crippen MR) is 92.7 cm³/mol. The van der Waals surface area contributed by atoms with Gasteiger partial charge in [-0.3, -0.25) is 0 Å². The van der Waals surface area contributed by atoms with Crippen LogP contribution in [-0.2, 0) is 0 Å². The maximum atomic E-state index is 6.40. The van der Waals surface area contributed by atoms with E-state index in [0.717, 1.165) is 22.3 Å². The van der Waals surface area contributed by atoms with Gasteiger partial charge in [-0.15, -0.1) is 0 Å². The first-order valence-electron chi connectivity index (χ1n) is 7.39. The fraction of sp³-hybridized carbons (Fsp3) is 0.0588. The molecule has 1 unspecified atom stereocenters. The normalized spacial score (nSPS) is 12.2. The van der Waals surface area contributed by atoms with Crippen molar-refractivity contribution in [1.82, 2.24) is 24.8 Å². The topological polar surface area (TPSA) is 68.0 Å². The Morgan fingerprint density at radius 2 is 1.83 bits per heavy atom. The van der Waals surface area contributed by atoms with E-state index in [2.05, 4.69) is 25.5 Å². The molecule has 4 aromatic rings. The zero-order chi connectivity index (χ0) is 16.4. The van der Waals surface area contributed by atoms with Crippen molar-refractivity contribution < 1.29 is 0 Å². The SMILES string of the molecule is ClC(Nc1nccc(-c2cnn3ncccc23)n1)c1ccccc1. The van der Waals surface area contributed by atoms with Crippen LogP contribution in [0.5, 0.6) is 0 Å². The van der Waals surface area contributed by atoms with E-state index in [4.69, 9.17) is 11.6 Å². The third kappa shape index (κ3) is 2.79. The van der Waals surface area contributed by atoms with Gasteiger partial charge in [-0.25, -0.2) is 9.97 Å². The van der Waals surface area contributed by atoms with Gasteiger partial charge in [0.2, 0.25) is 5.95 Å². The van der Waals surface area contributed by atoms with Crippen molar-refractivity contribution >= 4 is 23.1 Å². The Labute approximate surface area is 143 Å². The maximum Gasteiger partial charge on any atom is 0.224 e. The van der Waals surface area contributed by atoms with Gasteiger partial charge in [-0.2, -0.15) is 14.8 Å². The molecule has 24 heavy (non-hydrogen) atoms. The first-order valence-corrected chi connectivity index (χ1v) is 7.83.